The minimum atomic E-state index is -0.0698. The minimum Gasteiger partial charge on any atom is -0.345 e. The van der Waals surface area contributed by atoms with Gasteiger partial charge in [-0.05, 0) is 30.3 Å². The van der Waals surface area contributed by atoms with Crippen molar-refractivity contribution in [3.63, 3.8) is 0 Å². The summed E-state index contributed by atoms with van der Waals surface area (Å²) in [6.45, 7) is 0. The second kappa shape index (κ2) is 6.91. The fourth-order valence-corrected chi connectivity index (χ4v) is 2.26. The number of carbonyl (C=O) groups is 1. The topological polar surface area (TPSA) is 51.0 Å². The van der Waals surface area contributed by atoms with Gasteiger partial charge >= 0.3 is 0 Å². The molecule has 0 N–H and O–H groups in total. The van der Waals surface area contributed by atoms with E-state index in [0.29, 0.717) is 0 Å². The highest BCUT2D eigenvalue weighted by molar-refractivity contribution is 5.92. The first-order chi connectivity index (χ1) is 11.6. The first-order valence-corrected chi connectivity index (χ1v) is 7.60. The van der Waals surface area contributed by atoms with Crippen LogP contribution in [0.4, 0.5) is 0 Å². The van der Waals surface area contributed by atoms with Crippen LogP contribution in [-0.2, 0) is 4.79 Å². The monoisotopic (exact) mass is 318 g/mol. The van der Waals surface area contributed by atoms with Crippen molar-refractivity contribution in [2.45, 2.75) is 0 Å². The molecule has 0 bridgehead atoms. The molecule has 5 nitrogen and oxygen atoms in total. The Hall–Kier alpha value is -3.21. The Bertz CT molecular complexity index is 852. The highest BCUT2D eigenvalue weighted by atomic mass is 16.2. The molecule has 24 heavy (non-hydrogen) atoms. The molecule has 0 fully saturated rings. The second-order valence-electron chi connectivity index (χ2n) is 5.52. The standard InChI is InChI=1S/C19H18N4O/c1-22(2)18(24)11-10-16-14-23(17-8-4-3-5-9-17)21-19(16)15-7-6-12-20-13-15/h3-14H,1-2H3/b11-10+. The lowest BCUT2D eigenvalue weighted by atomic mass is 10.1. The molecule has 5 heteroatoms. The summed E-state index contributed by atoms with van der Waals surface area (Å²) in [5, 5.41) is 4.67. The third kappa shape index (κ3) is 3.41. The van der Waals surface area contributed by atoms with E-state index in [1.807, 2.05) is 53.3 Å². The molecule has 0 radical (unpaired) electrons. The molecule has 0 saturated heterocycles. The smallest absolute Gasteiger partial charge is 0.246 e. The SMILES string of the molecule is CN(C)C(=O)/C=C/c1cn(-c2ccccc2)nc1-c1cccnc1. The predicted molar refractivity (Wildman–Crippen MR) is 94.5 cm³/mol. The molecule has 0 saturated carbocycles. The van der Waals surface area contributed by atoms with Gasteiger partial charge in [-0.15, -0.1) is 0 Å². The molecule has 0 aliphatic heterocycles. The molecule has 1 aromatic carbocycles. The molecule has 0 atom stereocenters. The molecule has 0 spiro atoms. The maximum atomic E-state index is 11.8. The molecule has 1 amide bonds. The average Bonchev–Trinajstić information content (AvgIpc) is 3.05. The van der Waals surface area contributed by atoms with Crippen LogP contribution in [0.3, 0.4) is 0 Å². The Labute approximate surface area is 140 Å². The van der Waals surface area contributed by atoms with Crippen LogP contribution in [0.2, 0.25) is 0 Å². The molecule has 2 aromatic heterocycles. The van der Waals surface area contributed by atoms with Gasteiger partial charge in [0.15, 0.2) is 0 Å². The number of likely N-dealkylation sites (N-methyl/N-ethyl adjacent to an activating group) is 1. The number of hydrogen-bond acceptors (Lipinski definition) is 3. The molecular formula is C19H18N4O. The van der Waals surface area contributed by atoms with E-state index in [2.05, 4.69) is 10.1 Å². The minimum absolute atomic E-state index is 0.0698. The van der Waals surface area contributed by atoms with Crippen molar-refractivity contribution in [3.05, 3.63) is 72.7 Å². The average molecular weight is 318 g/mol. The highest BCUT2D eigenvalue weighted by Crippen LogP contribution is 2.24. The van der Waals surface area contributed by atoms with E-state index in [-0.39, 0.29) is 5.91 Å². The number of para-hydroxylation sites is 1. The van der Waals surface area contributed by atoms with Gasteiger partial charge in [-0.3, -0.25) is 9.78 Å². The number of nitrogens with zero attached hydrogens (tertiary/aromatic N) is 4. The Morgan fingerprint density at radius 1 is 1.12 bits per heavy atom. The normalized spacial score (nSPS) is 10.9. The predicted octanol–water partition coefficient (Wildman–Crippen LogP) is 3.04. The summed E-state index contributed by atoms with van der Waals surface area (Å²) in [7, 11) is 3.45. The van der Waals surface area contributed by atoms with Crippen LogP contribution >= 0.6 is 0 Å². The molecule has 0 aliphatic rings. The van der Waals surface area contributed by atoms with Crippen LogP contribution < -0.4 is 0 Å². The second-order valence-corrected chi connectivity index (χ2v) is 5.52. The number of benzene rings is 1. The number of hydrogen-bond donors (Lipinski definition) is 0. The van der Waals surface area contributed by atoms with Crippen molar-refractivity contribution in [3.8, 4) is 16.9 Å². The number of pyridine rings is 1. The molecule has 2 heterocycles. The lowest BCUT2D eigenvalue weighted by Gasteiger charge is -2.05. The fraction of sp³-hybridized carbons (Fsp3) is 0.105. The van der Waals surface area contributed by atoms with Crippen molar-refractivity contribution in [2.24, 2.45) is 0 Å². The van der Waals surface area contributed by atoms with Gasteiger partial charge in [0.05, 0.1) is 5.69 Å². The number of aromatic nitrogens is 3. The van der Waals surface area contributed by atoms with Crippen LogP contribution in [0, 0.1) is 0 Å². The summed E-state index contributed by atoms with van der Waals surface area (Å²) in [5.74, 6) is -0.0698. The van der Waals surface area contributed by atoms with Crippen molar-refractivity contribution in [1.82, 2.24) is 19.7 Å². The van der Waals surface area contributed by atoms with Crippen molar-refractivity contribution < 1.29 is 4.79 Å². The molecule has 120 valence electrons. The summed E-state index contributed by atoms with van der Waals surface area (Å²) in [4.78, 5) is 17.5. The zero-order valence-corrected chi connectivity index (χ0v) is 13.6. The van der Waals surface area contributed by atoms with E-state index in [9.17, 15) is 4.79 Å². The Morgan fingerprint density at radius 2 is 1.92 bits per heavy atom. The van der Waals surface area contributed by atoms with E-state index in [1.54, 1.807) is 38.6 Å². The van der Waals surface area contributed by atoms with Gasteiger partial charge in [0.25, 0.3) is 0 Å². The maximum Gasteiger partial charge on any atom is 0.246 e. The molecule has 0 unspecified atom stereocenters. The summed E-state index contributed by atoms with van der Waals surface area (Å²) in [5.41, 5.74) is 3.52. The van der Waals surface area contributed by atoms with Crippen LogP contribution in [0.15, 0.2) is 67.1 Å². The fourth-order valence-electron chi connectivity index (χ4n) is 2.26. The van der Waals surface area contributed by atoms with Crippen molar-refractivity contribution >= 4 is 12.0 Å². The largest absolute Gasteiger partial charge is 0.345 e. The van der Waals surface area contributed by atoms with Crippen LogP contribution in [0.25, 0.3) is 23.0 Å². The third-order valence-corrected chi connectivity index (χ3v) is 3.54. The van der Waals surface area contributed by atoms with Crippen molar-refractivity contribution in [1.29, 1.82) is 0 Å². The van der Waals surface area contributed by atoms with Gasteiger partial charge in [-0.2, -0.15) is 5.10 Å². The number of amides is 1. The first kappa shape index (κ1) is 15.7. The zero-order valence-electron chi connectivity index (χ0n) is 13.6. The van der Waals surface area contributed by atoms with E-state index < -0.39 is 0 Å². The van der Waals surface area contributed by atoms with E-state index in [0.717, 1.165) is 22.5 Å². The van der Waals surface area contributed by atoms with Crippen LogP contribution in [0.1, 0.15) is 5.56 Å². The lowest BCUT2D eigenvalue weighted by Crippen LogP contribution is -2.18. The number of rotatable bonds is 4. The van der Waals surface area contributed by atoms with Gasteiger partial charge < -0.3 is 4.90 Å². The zero-order chi connectivity index (χ0) is 16.9. The van der Waals surface area contributed by atoms with Crippen LogP contribution in [0.5, 0.6) is 0 Å². The summed E-state index contributed by atoms with van der Waals surface area (Å²) in [6.07, 6.45) is 8.74. The summed E-state index contributed by atoms with van der Waals surface area (Å²) >= 11 is 0. The first-order valence-electron chi connectivity index (χ1n) is 7.60. The number of carbonyl (C=O) groups excluding carboxylic acids is 1. The Morgan fingerprint density at radius 3 is 2.58 bits per heavy atom. The van der Waals surface area contributed by atoms with Gasteiger partial charge in [0, 0.05) is 49.9 Å². The van der Waals surface area contributed by atoms with Gasteiger partial charge in [-0.1, -0.05) is 18.2 Å². The summed E-state index contributed by atoms with van der Waals surface area (Å²) in [6, 6.07) is 13.7. The van der Waals surface area contributed by atoms with Gasteiger partial charge in [-0.25, -0.2) is 4.68 Å². The molecule has 3 rings (SSSR count). The van der Waals surface area contributed by atoms with Gasteiger partial charge in [0.1, 0.15) is 5.69 Å². The van der Waals surface area contributed by atoms with Crippen molar-refractivity contribution in [2.75, 3.05) is 14.1 Å². The van der Waals surface area contributed by atoms with E-state index in [1.165, 1.54) is 4.90 Å². The summed E-state index contributed by atoms with van der Waals surface area (Å²) < 4.78 is 1.81. The lowest BCUT2D eigenvalue weighted by molar-refractivity contribution is -0.123. The molecule has 3 aromatic rings. The maximum absolute atomic E-state index is 11.8. The highest BCUT2D eigenvalue weighted by Gasteiger charge is 2.11. The van der Waals surface area contributed by atoms with Crippen LogP contribution in [-0.4, -0.2) is 39.7 Å². The third-order valence-electron chi connectivity index (χ3n) is 3.54. The van der Waals surface area contributed by atoms with Gasteiger partial charge in [0.2, 0.25) is 5.91 Å². The quantitative estimate of drug-likeness (QED) is 0.695. The van der Waals surface area contributed by atoms with E-state index in [4.69, 9.17) is 0 Å². The molecule has 0 aliphatic carbocycles. The Balaban J connectivity index is 2.05. The van der Waals surface area contributed by atoms with E-state index >= 15 is 0 Å². The Kier molecular flexibility index (Phi) is 4.52. The molecular weight excluding hydrogens is 300 g/mol.